The molecule has 1 aliphatic rings. The molecular weight excluding hydrogens is 326 g/mol. The number of amides is 1. The van der Waals surface area contributed by atoms with Crippen molar-refractivity contribution in [2.75, 3.05) is 31.6 Å². The number of pyridine rings is 1. The number of hydrogen-bond donors (Lipinski definition) is 0. The van der Waals surface area contributed by atoms with E-state index in [4.69, 9.17) is 0 Å². The van der Waals surface area contributed by atoms with E-state index in [-0.39, 0.29) is 5.91 Å². The zero-order valence-electron chi connectivity index (χ0n) is 15.4. The number of piperidine rings is 1. The van der Waals surface area contributed by atoms with Gasteiger partial charge in [-0.05, 0) is 37.3 Å². The summed E-state index contributed by atoms with van der Waals surface area (Å²) in [4.78, 5) is 29.4. The normalized spacial score (nSPS) is 17.1. The highest BCUT2D eigenvalue weighted by atomic mass is 16.2. The van der Waals surface area contributed by atoms with Crippen molar-refractivity contribution in [3.63, 3.8) is 0 Å². The molecule has 0 bridgehead atoms. The molecular formula is C20H27N5O. The highest BCUT2D eigenvalue weighted by molar-refractivity contribution is 5.75. The van der Waals surface area contributed by atoms with Crippen molar-refractivity contribution < 1.29 is 4.79 Å². The fraction of sp³-hybridized carbons (Fsp3) is 0.500. The maximum atomic E-state index is 12.4. The molecule has 3 heterocycles. The van der Waals surface area contributed by atoms with Crippen LogP contribution in [0.5, 0.6) is 0 Å². The number of aromatic nitrogens is 3. The van der Waals surface area contributed by atoms with Crippen LogP contribution in [-0.2, 0) is 11.2 Å². The third-order valence-electron chi connectivity index (χ3n) is 5.01. The maximum Gasteiger partial charge on any atom is 0.222 e. The number of carbonyl (C=O) groups is 1. The summed E-state index contributed by atoms with van der Waals surface area (Å²) in [5.74, 6) is 1.70. The number of carbonyl (C=O) groups excluding carboxylic acids is 1. The lowest BCUT2D eigenvalue weighted by atomic mass is 9.93. The van der Waals surface area contributed by atoms with Crippen LogP contribution in [0.4, 0.5) is 5.82 Å². The average molecular weight is 353 g/mol. The highest BCUT2D eigenvalue weighted by Gasteiger charge is 2.22. The third-order valence-corrected chi connectivity index (χ3v) is 5.01. The Bertz CT molecular complexity index is 679. The zero-order chi connectivity index (χ0) is 18.2. The molecule has 1 amide bonds. The molecule has 1 atom stereocenters. The van der Waals surface area contributed by atoms with Gasteiger partial charge in [0.05, 0.1) is 6.20 Å². The maximum absolute atomic E-state index is 12.4. The summed E-state index contributed by atoms with van der Waals surface area (Å²) < 4.78 is 0. The van der Waals surface area contributed by atoms with Gasteiger partial charge in [-0.3, -0.25) is 14.8 Å². The van der Waals surface area contributed by atoms with Gasteiger partial charge >= 0.3 is 0 Å². The van der Waals surface area contributed by atoms with Crippen LogP contribution in [0.2, 0.25) is 0 Å². The lowest BCUT2D eigenvalue weighted by molar-refractivity contribution is -0.130. The van der Waals surface area contributed by atoms with Gasteiger partial charge in [0.15, 0.2) is 0 Å². The van der Waals surface area contributed by atoms with Gasteiger partial charge in [-0.15, -0.1) is 0 Å². The fourth-order valence-electron chi connectivity index (χ4n) is 3.43. The second kappa shape index (κ2) is 9.27. The van der Waals surface area contributed by atoms with Gasteiger partial charge in [-0.2, -0.15) is 0 Å². The van der Waals surface area contributed by atoms with Gasteiger partial charge in [-0.25, -0.2) is 4.98 Å². The lowest BCUT2D eigenvalue weighted by Crippen LogP contribution is -2.37. The molecule has 0 unspecified atom stereocenters. The first-order valence-corrected chi connectivity index (χ1v) is 9.37. The Morgan fingerprint density at radius 1 is 1.27 bits per heavy atom. The minimum atomic E-state index is 0.220. The lowest BCUT2D eigenvalue weighted by Gasteiger charge is -2.33. The van der Waals surface area contributed by atoms with E-state index in [9.17, 15) is 4.79 Å². The number of likely N-dealkylation sites (N-methyl/N-ethyl adjacent to an activating group) is 1. The van der Waals surface area contributed by atoms with Crippen molar-refractivity contribution in [1.82, 2.24) is 19.9 Å². The van der Waals surface area contributed by atoms with Crippen LogP contribution in [0.15, 0.2) is 43.0 Å². The summed E-state index contributed by atoms with van der Waals surface area (Å²) in [5, 5.41) is 0. The molecule has 1 saturated heterocycles. The summed E-state index contributed by atoms with van der Waals surface area (Å²) in [6, 6.07) is 5.89. The van der Waals surface area contributed by atoms with Crippen LogP contribution in [0.3, 0.4) is 0 Å². The van der Waals surface area contributed by atoms with E-state index in [0.29, 0.717) is 18.9 Å². The van der Waals surface area contributed by atoms with Gasteiger partial charge in [0.1, 0.15) is 5.82 Å². The van der Waals surface area contributed by atoms with E-state index in [1.807, 2.05) is 36.3 Å². The molecule has 2 aromatic rings. The Balaban J connectivity index is 1.42. The Hall–Kier alpha value is -2.50. The summed E-state index contributed by atoms with van der Waals surface area (Å²) in [5.41, 5.74) is 1.03. The van der Waals surface area contributed by atoms with Gasteiger partial charge in [0, 0.05) is 63.8 Å². The molecule has 138 valence electrons. The molecule has 0 spiro atoms. The van der Waals surface area contributed by atoms with Crippen molar-refractivity contribution in [2.24, 2.45) is 5.92 Å². The fourth-order valence-corrected chi connectivity index (χ4v) is 3.43. The van der Waals surface area contributed by atoms with E-state index in [0.717, 1.165) is 43.9 Å². The van der Waals surface area contributed by atoms with Gasteiger partial charge in [0.2, 0.25) is 5.91 Å². The number of rotatable bonds is 7. The monoisotopic (exact) mass is 353 g/mol. The van der Waals surface area contributed by atoms with E-state index < -0.39 is 0 Å². The van der Waals surface area contributed by atoms with Crippen LogP contribution in [0.25, 0.3) is 0 Å². The molecule has 26 heavy (non-hydrogen) atoms. The van der Waals surface area contributed by atoms with Crippen LogP contribution < -0.4 is 4.90 Å². The molecule has 2 aromatic heterocycles. The predicted molar refractivity (Wildman–Crippen MR) is 102 cm³/mol. The Kier molecular flexibility index (Phi) is 6.52. The minimum Gasteiger partial charge on any atom is -0.355 e. The van der Waals surface area contributed by atoms with Crippen molar-refractivity contribution in [3.8, 4) is 0 Å². The smallest absolute Gasteiger partial charge is 0.222 e. The standard InChI is InChI=1S/C20H27N5O/c1-24(14-9-18-6-2-3-10-22-18)20(26)8-7-17-5-4-13-25(16-17)19-15-21-11-12-23-19/h2-3,6,10-12,15,17H,4-5,7-9,13-14,16H2,1H3/t17-/m0/s1. The van der Waals surface area contributed by atoms with Crippen molar-refractivity contribution in [3.05, 3.63) is 48.7 Å². The predicted octanol–water partition coefficient (Wildman–Crippen LogP) is 2.57. The van der Waals surface area contributed by atoms with E-state index >= 15 is 0 Å². The highest BCUT2D eigenvalue weighted by Crippen LogP contribution is 2.24. The van der Waals surface area contributed by atoms with Gasteiger partial charge < -0.3 is 9.80 Å². The Morgan fingerprint density at radius 2 is 2.19 bits per heavy atom. The first kappa shape index (κ1) is 18.3. The molecule has 3 rings (SSSR count). The second-order valence-corrected chi connectivity index (χ2v) is 6.94. The average Bonchev–Trinajstić information content (AvgIpc) is 2.72. The van der Waals surface area contributed by atoms with Crippen LogP contribution in [0, 0.1) is 5.92 Å². The minimum absolute atomic E-state index is 0.220. The van der Waals surface area contributed by atoms with Crippen LogP contribution in [-0.4, -0.2) is 52.4 Å². The van der Waals surface area contributed by atoms with E-state index in [1.54, 1.807) is 18.6 Å². The molecule has 0 aromatic carbocycles. The SMILES string of the molecule is CN(CCc1ccccn1)C(=O)CC[C@@H]1CCCN(c2cnccn2)C1. The van der Waals surface area contributed by atoms with Crippen LogP contribution in [0.1, 0.15) is 31.4 Å². The van der Waals surface area contributed by atoms with Gasteiger partial charge in [-0.1, -0.05) is 6.07 Å². The van der Waals surface area contributed by atoms with E-state index in [2.05, 4.69) is 19.9 Å². The molecule has 0 radical (unpaired) electrons. The number of anilines is 1. The molecule has 0 N–H and O–H groups in total. The first-order chi connectivity index (χ1) is 12.7. The number of nitrogens with zero attached hydrogens (tertiary/aromatic N) is 5. The molecule has 0 aliphatic carbocycles. The molecule has 6 heteroatoms. The first-order valence-electron chi connectivity index (χ1n) is 9.37. The molecule has 1 fully saturated rings. The summed E-state index contributed by atoms with van der Waals surface area (Å²) in [6.45, 7) is 2.70. The summed E-state index contributed by atoms with van der Waals surface area (Å²) >= 11 is 0. The van der Waals surface area contributed by atoms with Crippen molar-refractivity contribution in [2.45, 2.75) is 32.1 Å². The number of hydrogen-bond acceptors (Lipinski definition) is 5. The largest absolute Gasteiger partial charge is 0.355 e. The summed E-state index contributed by atoms with van der Waals surface area (Å²) in [6.07, 6.45) is 11.7. The zero-order valence-corrected chi connectivity index (χ0v) is 15.4. The Morgan fingerprint density at radius 3 is 2.96 bits per heavy atom. The third kappa shape index (κ3) is 5.25. The summed E-state index contributed by atoms with van der Waals surface area (Å²) in [7, 11) is 1.89. The molecule has 6 nitrogen and oxygen atoms in total. The van der Waals surface area contributed by atoms with Crippen LogP contribution >= 0.6 is 0 Å². The second-order valence-electron chi connectivity index (χ2n) is 6.94. The Labute approximate surface area is 155 Å². The van der Waals surface area contributed by atoms with Crippen molar-refractivity contribution >= 4 is 11.7 Å². The topological polar surface area (TPSA) is 62.2 Å². The molecule has 0 saturated carbocycles. The van der Waals surface area contributed by atoms with Gasteiger partial charge in [0.25, 0.3) is 0 Å². The molecule has 1 aliphatic heterocycles. The van der Waals surface area contributed by atoms with E-state index in [1.165, 1.54) is 6.42 Å². The van der Waals surface area contributed by atoms with Crippen molar-refractivity contribution in [1.29, 1.82) is 0 Å². The quantitative estimate of drug-likeness (QED) is 0.765.